The smallest absolute Gasteiger partial charge is 0.323 e. The van der Waals surface area contributed by atoms with Crippen LogP contribution in [0.3, 0.4) is 0 Å². The van der Waals surface area contributed by atoms with E-state index in [1.807, 2.05) is 13.8 Å². The minimum atomic E-state index is -0.712. The number of nitrogens with zero attached hydrogens (tertiary/aromatic N) is 1. The maximum Gasteiger partial charge on any atom is 0.323 e. The monoisotopic (exact) mass is 296 g/mol. The fourth-order valence-electron chi connectivity index (χ4n) is 4.26. The van der Waals surface area contributed by atoms with Gasteiger partial charge in [0.2, 0.25) is 0 Å². The number of hydrogen-bond acceptors (Lipinski definition) is 3. The third kappa shape index (κ3) is 3.98. The lowest BCUT2D eigenvalue weighted by molar-refractivity contribution is -0.148. The van der Waals surface area contributed by atoms with E-state index < -0.39 is 11.5 Å². The Hall–Kier alpha value is -0.610. The van der Waals surface area contributed by atoms with Gasteiger partial charge in [-0.1, -0.05) is 13.3 Å². The molecular formula is C17H32N2O2. The van der Waals surface area contributed by atoms with Gasteiger partial charge in [0.1, 0.15) is 5.54 Å². The second-order valence-electron chi connectivity index (χ2n) is 7.35. The molecule has 2 N–H and O–H groups in total. The van der Waals surface area contributed by atoms with Gasteiger partial charge >= 0.3 is 5.97 Å². The van der Waals surface area contributed by atoms with Crippen LogP contribution < -0.4 is 5.32 Å². The van der Waals surface area contributed by atoms with E-state index in [-0.39, 0.29) is 6.04 Å². The molecule has 21 heavy (non-hydrogen) atoms. The van der Waals surface area contributed by atoms with Crippen LogP contribution in [-0.4, -0.2) is 46.7 Å². The molecule has 0 aromatic carbocycles. The van der Waals surface area contributed by atoms with Crippen molar-refractivity contribution in [1.82, 2.24) is 10.2 Å². The Morgan fingerprint density at radius 3 is 2.76 bits per heavy atom. The molecule has 4 nitrogen and oxygen atoms in total. The number of likely N-dealkylation sites (tertiary alicyclic amines) is 1. The second kappa shape index (κ2) is 7.10. The van der Waals surface area contributed by atoms with E-state index in [4.69, 9.17) is 0 Å². The van der Waals surface area contributed by atoms with E-state index in [2.05, 4.69) is 17.1 Å². The van der Waals surface area contributed by atoms with Crippen molar-refractivity contribution < 1.29 is 9.90 Å². The zero-order chi connectivity index (χ0) is 15.5. The Kier molecular flexibility index (Phi) is 5.67. The highest BCUT2D eigenvalue weighted by atomic mass is 16.4. The fraction of sp³-hybridized carbons (Fsp3) is 0.941. The molecule has 1 aliphatic carbocycles. The van der Waals surface area contributed by atoms with Gasteiger partial charge in [-0.05, 0) is 64.8 Å². The van der Waals surface area contributed by atoms with Crippen LogP contribution in [0.5, 0.6) is 0 Å². The molecule has 1 saturated carbocycles. The van der Waals surface area contributed by atoms with Crippen molar-refractivity contribution in [3.8, 4) is 0 Å². The quantitative estimate of drug-likeness (QED) is 0.819. The normalized spacial score (nSPS) is 35.0. The molecule has 0 aromatic rings. The van der Waals surface area contributed by atoms with Crippen LogP contribution in [0.2, 0.25) is 0 Å². The van der Waals surface area contributed by atoms with Crippen LogP contribution >= 0.6 is 0 Å². The average molecular weight is 296 g/mol. The fourth-order valence-corrected chi connectivity index (χ4v) is 4.26. The number of carbonyl (C=O) groups is 1. The maximum atomic E-state index is 11.9. The highest BCUT2D eigenvalue weighted by Gasteiger charge is 2.44. The van der Waals surface area contributed by atoms with Crippen LogP contribution in [0, 0.1) is 5.92 Å². The second-order valence-corrected chi connectivity index (χ2v) is 7.35. The third-order valence-electron chi connectivity index (χ3n) is 5.34. The lowest BCUT2D eigenvalue weighted by atomic mass is 9.77. The Labute approximate surface area is 129 Å². The van der Waals surface area contributed by atoms with Crippen molar-refractivity contribution in [2.45, 2.75) is 83.3 Å². The van der Waals surface area contributed by atoms with Gasteiger partial charge < -0.3 is 10.0 Å². The summed E-state index contributed by atoms with van der Waals surface area (Å²) in [6, 6.07) is 0.653. The Bertz CT molecular complexity index is 359. The van der Waals surface area contributed by atoms with Crippen LogP contribution in [0.25, 0.3) is 0 Å². The number of carboxylic acids is 1. The minimum absolute atomic E-state index is 0.213. The molecule has 4 heteroatoms. The standard InChI is InChI=1S/C17H32N2O2/c1-4-14-7-6-10-19(12-14)15-8-5-9-17(11-15,16(20)21)18-13(2)3/h13-15,18H,4-12H2,1-3H3,(H,20,21). The summed E-state index contributed by atoms with van der Waals surface area (Å²) in [5.41, 5.74) is -0.712. The van der Waals surface area contributed by atoms with Gasteiger partial charge in [-0.15, -0.1) is 0 Å². The Morgan fingerprint density at radius 2 is 2.14 bits per heavy atom. The number of aliphatic carboxylic acids is 1. The van der Waals surface area contributed by atoms with Gasteiger partial charge in [0, 0.05) is 18.6 Å². The van der Waals surface area contributed by atoms with E-state index in [1.54, 1.807) is 0 Å². The predicted octanol–water partition coefficient (Wildman–Crippen LogP) is 2.87. The average Bonchev–Trinajstić information content (AvgIpc) is 2.46. The summed E-state index contributed by atoms with van der Waals surface area (Å²) in [5, 5.41) is 13.1. The molecule has 1 aliphatic heterocycles. The zero-order valence-corrected chi connectivity index (χ0v) is 13.9. The first-order chi connectivity index (χ1) is 9.97. The van der Waals surface area contributed by atoms with Crippen LogP contribution in [-0.2, 0) is 4.79 Å². The number of nitrogens with one attached hydrogen (secondary N) is 1. The molecule has 0 bridgehead atoms. The zero-order valence-electron chi connectivity index (χ0n) is 13.9. The van der Waals surface area contributed by atoms with Gasteiger partial charge in [-0.3, -0.25) is 10.1 Å². The summed E-state index contributed by atoms with van der Waals surface area (Å²) in [7, 11) is 0. The van der Waals surface area contributed by atoms with Crippen molar-refractivity contribution in [2.24, 2.45) is 5.92 Å². The third-order valence-corrected chi connectivity index (χ3v) is 5.34. The van der Waals surface area contributed by atoms with E-state index >= 15 is 0 Å². The van der Waals surface area contributed by atoms with E-state index in [0.29, 0.717) is 6.04 Å². The van der Waals surface area contributed by atoms with Gasteiger partial charge in [-0.25, -0.2) is 0 Å². The Balaban J connectivity index is 2.06. The molecule has 0 aromatic heterocycles. The van der Waals surface area contributed by atoms with Crippen LogP contribution in [0.1, 0.15) is 65.7 Å². The van der Waals surface area contributed by atoms with E-state index in [1.165, 1.54) is 25.8 Å². The van der Waals surface area contributed by atoms with Crippen molar-refractivity contribution in [2.75, 3.05) is 13.1 Å². The lowest BCUT2D eigenvalue weighted by Gasteiger charge is -2.46. The number of carboxylic acid groups (broad SMARTS) is 1. The number of piperidine rings is 1. The molecule has 0 amide bonds. The van der Waals surface area contributed by atoms with E-state index in [0.717, 1.165) is 38.1 Å². The largest absolute Gasteiger partial charge is 0.480 e. The summed E-state index contributed by atoms with van der Waals surface area (Å²) in [6.07, 6.45) is 7.56. The molecule has 3 unspecified atom stereocenters. The first kappa shape index (κ1) is 16.8. The van der Waals surface area contributed by atoms with Crippen molar-refractivity contribution in [1.29, 1.82) is 0 Å². The first-order valence-corrected chi connectivity index (χ1v) is 8.72. The number of rotatable bonds is 5. The SMILES string of the molecule is CCC1CCCN(C2CCCC(NC(C)C)(C(=O)O)C2)C1. The molecule has 1 saturated heterocycles. The van der Waals surface area contributed by atoms with E-state index in [9.17, 15) is 9.90 Å². The molecule has 0 radical (unpaired) electrons. The summed E-state index contributed by atoms with van der Waals surface area (Å²) in [4.78, 5) is 14.5. The summed E-state index contributed by atoms with van der Waals surface area (Å²) < 4.78 is 0. The molecule has 3 atom stereocenters. The van der Waals surface area contributed by atoms with Crippen LogP contribution in [0.15, 0.2) is 0 Å². The lowest BCUT2D eigenvalue weighted by Crippen LogP contribution is -2.60. The molecule has 2 rings (SSSR count). The number of hydrogen-bond donors (Lipinski definition) is 2. The van der Waals surface area contributed by atoms with Crippen LogP contribution in [0.4, 0.5) is 0 Å². The van der Waals surface area contributed by atoms with Gasteiger partial charge in [0.05, 0.1) is 0 Å². The summed E-state index contributed by atoms with van der Waals surface area (Å²) in [6.45, 7) is 8.68. The minimum Gasteiger partial charge on any atom is -0.480 e. The van der Waals surface area contributed by atoms with Gasteiger partial charge in [0.15, 0.2) is 0 Å². The molecule has 122 valence electrons. The van der Waals surface area contributed by atoms with Crippen molar-refractivity contribution in [3.63, 3.8) is 0 Å². The van der Waals surface area contributed by atoms with Gasteiger partial charge in [-0.2, -0.15) is 0 Å². The Morgan fingerprint density at radius 1 is 1.38 bits per heavy atom. The maximum absolute atomic E-state index is 11.9. The highest BCUT2D eigenvalue weighted by Crippen LogP contribution is 2.34. The van der Waals surface area contributed by atoms with Gasteiger partial charge in [0.25, 0.3) is 0 Å². The summed E-state index contributed by atoms with van der Waals surface area (Å²) in [5.74, 6) is 0.142. The summed E-state index contributed by atoms with van der Waals surface area (Å²) >= 11 is 0. The highest BCUT2D eigenvalue weighted by molar-refractivity contribution is 5.79. The molecule has 2 fully saturated rings. The molecular weight excluding hydrogens is 264 g/mol. The first-order valence-electron chi connectivity index (χ1n) is 8.72. The predicted molar refractivity (Wildman–Crippen MR) is 85.5 cm³/mol. The van der Waals surface area contributed by atoms with Crippen molar-refractivity contribution in [3.05, 3.63) is 0 Å². The van der Waals surface area contributed by atoms with Crippen molar-refractivity contribution >= 4 is 5.97 Å². The molecule has 1 heterocycles. The molecule has 0 spiro atoms. The molecule has 2 aliphatic rings. The topological polar surface area (TPSA) is 52.6 Å².